The Kier molecular flexibility index (Phi) is 8.64. The zero-order chi connectivity index (χ0) is 41.9. The Morgan fingerprint density at radius 3 is 1.33 bits per heavy atom. The first kappa shape index (κ1) is 36.4. The third-order valence-corrected chi connectivity index (χ3v) is 12.3. The van der Waals surface area contributed by atoms with Gasteiger partial charge in [0.05, 0.1) is 22.1 Å². The van der Waals surface area contributed by atoms with Crippen LogP contribution in [-0.4, -0.2) is 24.1 Å². The van der Waals surface area contributed by atoms with Gasteiger partial charge in [-0.3, -0.25) is 4.57 Å². The van der Waals surface area contributed by atoms with Crippen molar-refractivity contribution < 1.29 is 0 Å². The second-order valence-corrected chi connectivity index (χ2v) is 16.1. The Hall–Kier alpha value is -8.41. The number of hydrogen-bond acceptors (Lipinski definition) is 3. The van der Waals surface area contributed by atoms with E-state index in [2.05, 4.69) is 216 Å². The summed E-state index contributed by atoms with van der Waals surface area (Å²) in [7, 11) is 0. The number of fused-ring (bicyclic) bond motifs is 7. The van der Waals surface area contributed by atoms with E-state index >= 15 is 0 Å². The lowest BCUT2D eigenvalue weighted by Crippen LogP contribution is -2.09. The second-order valence-electron chi connectivity index (χ2n) is 16.1. The summed E-state index contributed by atoms with van der Waals surface area (Å²) in [5.41, 5.74) is 15.0. The van der Waals surface area contributed by atoms with Gasteiger partial charge in [-0.15, -0.1) is 0 Å². The number of rotatable bonds is 7. The molecule has 0 N–H and O–H groups in total. The SMILES string of the molecule is C=C1C=CC(c2ccccc2)=C(n2c3ccccc3c3ccc4c5ccccc5n(-c5nc(-c6ccccc6-c6ccccc6)nc(-c6ccccc6-c6ccccc6)n5)c4c32)C1. The van der Waals surface area contributed by atoms with Gasteiger partial charge in [-0.25, -0.2) is 4.98 Å². The molecule has 0 aliphatic heterocycles. The van der Waals surface area contributed by atoms with Gasteiger partial charge in [0.15, 0.2) is 11.6 Å². The highest BCUT2D eigenvalue weighted by Crippen LogP contribution is 2.45. The predicted octanol–water partition coefficient (Wildman–Crippen LogP) is 14.6. The van der Waals surface area contributed by atoms with Crippen molar-refractivity contribution in [2.24, 2.45) is 0 Å². The van der Waals surface area contributed by atoms with Crippen LogP contribution in [0, 0.1) is 0 Å². The average Bonchev–Trinajstić information content (AvgIpc) is 3.88. The Labute approximate surface area is 364 Å². The smallest absolute Gasteiger partial charge is 0.238 e. The molecule has 0 saturated heterocycles. The van der Waals surface area contributed by atoms with Gasteiger partial charge in [0.25, 0.3) is 0 Å². The van der Waals surface area contributed by atoms with Crippen LogP contribution in [0.25, 0.3) is 106 Å². The summed E-state index contributed by atoms with van der Waals surface area (Å²) >= 11 is 0. The van der Waals surface area contributed by atoms with Crippen LogP contribution in [-0.2, 0) is 0 Å². The van der Waals surface area contributed by atoms with Crippen molar-refractivity contribution in [1.82, 2.24) is 24.1 Å². The molecular formula is C58H39N5. The number of para-hydroxylation sites is 2. The fraction of sp³-hybridized carbons (Fsp3) is 0.0172. The predicted molar refractivity (Wildman–Crippen MR) is 261 cm³/mol. The van der Waals surface area contributed by atoms with Crippen LogP contribution in [0.5, 0.6) is 0 Å². The molecule has 12 rings (SSSR count). The van der Waals surface area contributed by atoms with E-state index in [0.717, 1.165) is 82.7 Å². The molecule has 296 valence electrons. The van der Waals surface area contributed by atoms with Gasteiger partial charge in [0, 0.05) is 50.4 Å². The number of hydrogen-bond donors (Lipinski definition) is 0. The zero-order valence-corrected chi connectivity index (χ0v) is 34.4. The molecule has 11 aromatic rings. The lowest BCUT2D eigenvalue weighted by Gasteiger charge is -2.22. The van der Waals surface area contributed by atoms with Crippen molar-refractivity contribution in [3.05, 3.63) is 230 Å². The maximum absolute atomic E-state index is 5.53. The number of nitrogens with zero attached hydrogens (tertiary/aromatic N) is 5. The highest BCUT2D eigenvalue weighted by atomic mass is 15.2. The number of aromatic nitrogens is 5. The molecule has 0 atom stereocenters. The third kappa shape index (κ3) is 6.05. The first-order valence-electron chi connectivity index (χ1n) is 21.4. The fourth-order valence-corrected chi connectivity index (χ4v) is 9.54. The van der Waals surface area contributed by atoms with Gasteiger partial charge >= 0.3 is 0 Å². The van der Waals surface area contributed by atoms with Crippen molar-refractivity contribution in [3.63, 3.8) is 0 Å². The van der Waals surface area contributed by atoms with Crippen molar-refractivity contribution in [3.8, 4) is 51.0 Å². The molecule has 3 aromatic heterocycles. The molecule has 0 radical (unpaired) electrons. The minimum Gasteiger partial charge on any atom is -0.310 e. The summed E-state index contributed by atoms with van der Waals surface area (Å²) in [6.45, 7) is 4.49. The first-order chi connectivity index (χ1) is 31.2. The topological polar surface area (TPSA) is 48.5 Å². The van der Waals surface area contributed by atoms with Crippen LogP contribution in [0.2, 0.25) is 0 Å². The summed E-state index contributed by atoms with van der Waals surface area (Å²) < 4.78 is 4.77. The molecule has 0 amide bonds. The molecule has 63 heavy (non-hydrogen) atoms. The van der Waals surface area contributed by atoms with E-state index in [0.29, 0.717) is 24.0 Å². The van der Waals surface area contributed by atoms with Crippen LogP contribution in [0.3, 0.4) is 0 Å². The third-order valence-electron chi connectivity index (χ3n) is 12.3. The minimum absolute atomic E-state index is 0.543. The van der Waals surface area contributed by atoms with Crippen LogP contribution < -0.4 is 0 Å². The summed E-state index contributed by atoms with van der Waals surface area (Å²) in [5, 5.41) is 4.57. The van der Waals surface area contributed by atoms with E-state index in [1.807, 2.05) is 12.1 Å². The lowest BCUT2D eigenvalue weighted by atomic mass is 9.94. The van der Waals surface area contributed by atoms with Gasteiger partial charge in [-0.1, -0.05) is 207 Å². The standard InChI is InChI=1S/C58H39N5/c1-38-33-34-44(41-23-9-4-10-24-41)53(37-38)62-51-31-17-15-27-45(51)47-35-36-48-46-28-16-18-32-52(46)63(55(48)54(47)62)58-60-56(49-29-13-11-25-42(49)39-19-5-2-6-20-39)59-57(61-58)50-30-14-12-26-43(50)40-21-7-3-8-22-40/h2-36H,1,37H2. The van der Waals surface area contributed by atoms with Crippen molar-refractivity contribution in [2.45, 2.75) is 6.42 Å². The summed E-state index contributed by atoms with van der Waals surface area (Å²) in [6, 6.07) is 70.4. The maximum Gasteiger partial charge on any atom is 0.238 e. The Morgan fingerprint density at radius 2 is 0.794 bits per heavy atom. The molecule has 1 aliphatic carbocycles. The highest BCUT2D eigenvalue weighted by Gasteiger charge is 2.26. The molecular weight excluding hydrogens is 767 g/mol. The molecule has 1 aliphatic rings. The fourth-order valence-electron chi connectivity index (χ4n) is 9.54. The summed E-state index contributed by atoms with van der Waals surface area (Å²) in [6.07, 6.45) is 5.07. The van der Waals surface area contributed by atoms with Crippen molar-refractivity contribution in [1.29, 1.82) is 0 Å². The summed E-state index contributed by atoms with van der Waals surface area (Å²) in [4.78, 5) is 16.5. The van der Waals surface area contributed by atoms with E-state index in [-0.39, 0.29) is 0 Å². The molecule has 3 heterocycles. The van der Waals surface area contributed by atoms with Crippen LogP contribution in [0.15, 0.2) is 224 Å². The van der Waals surface area contributed by atoms with Crippen molar-refractivity contribution in [2.75, 3.05) is 0 Å². The minimum atomic E-state index is 0.543. The normalized spacial score (nSPS) is 12.9. The lowest BCUT2D eigenvalue weighted by molar-refractivity contribution is 0.953. The molecule has 5 heteroatoms. The molecule has 8 aromatic carbocycles. The largest absolute Gasteiger partial charge is 0.310 e. The van der Waals surface area contributed by atoms with Gasteiger partial charge in [0.1, 0.15) is 0 Å². The van der Waals surface area contributed by atoms with E-state index in [1.54, 1.807) is 0 Å². The quantitative estimate of drug-likeness (QED) is 0.161. The molecule has 0 saturated carbocycles. The molecule has 0 fully saturated rings. The van der Waals surface area contributed by atoms with Crippen molar-refractivity contribution >= 4 is 54.9 Å². The van der Waals surface area contributed by atoms with E-state index in [9.17, 15) is 0 Å². The number of benzene rings is 8. The van der Waals surface area contributed by atoms with E-state index < -0.39 is 0 Å². The molecule has 5 nitrogen and oxygen atoms in total. The number of allylic oxidation sites excluding steroid dienone is 5. The monoisotopic (exact) mass is 805 g/mol. The van der Waals surface area contributed by atoms with Crippen LogP contribution >= 0.6 is 0 Å². The first-order valence-corrected chi connectivity index (χ1v) is 21.4. The maximum atomic E-state index is 5.53. The van der Waals surface area contributed by atoms with E-state index in [4.69, 9.17) is 15.0 Å². The van der Waals surface area contributed by atoms with Crippen LogP contribution in [0.4, 0.5) is 0 Å². The van der Waals surface area contributed by atoms with Crippen LogP contribution in [0.1, 0.15) is 12.0 Å². The average molecular weight is 806 g/mol. The van der Waals surface area contributed by atoms with Gasteiger partial charge in [0.2, 0.25) is 5.95 Å². The van der Waals surface area contributed by atoms with Gasteiger partial charge < -0.3 is 4.57 Å². The Morgan fingerprint density at radius 1 is 0.365 bits per heavy atom. The van der Waals surface area contributed by atoms with E-state index in [1.165, 1.54) is 16.7 Å². The summed E-state index contributed by atoms with van der Waals surface area (Å²) in [5.74, 6) is 1.74. The second kappa shape index (κ2) is 14.9. The Bertz CT molecular complexity index is 3550. The molecule has 0 spiro atoms. The van der Waals surface area contributed by atoms with Gasteiger partial charge in [-0.2, -0.15) is 9.97 Å². The zero-order valence-electron chi connectivity index (χ0n) is 34.4. The highest BCUT2D eigenvalue weighted by molar-refractivity contribution is 6.24. The molecule has 0 bridgehead atoms. The van der Waals surface area contributed by atoms with Gasteiger partial charge in [-0.05, 0) is 45.5 Å². The molecule has 0 unspecified atom stereocenters. The Balaban J connectivity index is 1.23.